The van der Waals surface area contributed by atoms with Crippen molar-refractivity contribution in [3.05, 3.63) is 24.3 Å². The quantitative estimate of drug-likeness (QED) is 0.643. The molecule has 0 saturated carbocycles. The maximum absolute atomic E-state index is 6.18. The summed E-state index contributed by atoms with van der Waals surface area (Å²) in [7, 11) is 0. The van der Waals surface area contributed by atoms with Crippen LogP contribution in [-0.4, -0.2) is 5.54 Å². The summed E-state index contributed by atoms with van der Waals surface area (Å²) in [4.78, 5) is 0. The van der Waals surface area contributed by atoms with E-state index in [9.17, 15) is 0 Å². The van der Waals surface area contributed by atoms with Crippen LogP contribution >= 0.6 is 0 Å². The molecule has 0 aromatic carbocycles. The van der Waals surface area contributed by atoms with E-state index in [1.54, 1.807) is 0 Å². The molecule has 0 spiro atoms. The van der Waals surface area contributed by atoms with Crippen LogP contribution in [0.1, 0.15) is 26.7 Å². The molecule has 0 fully saturated rings. The first-order valence-electron chi connectivity index (χ1n) is 4.32. The molecule has 2 atom stereocenters. The molecule has 62 valence electrons. The minimum atomic E-state index is -0.0799. The summed E-state index contributed by atoms with van der Waals surface area (Å²) in [6.07, 6.45) is 10.5. The van der Waals surface area contributed by atoms with E-state index < -0.39 is 0 Å². The van der Waals surface area contributed by atoms with Gasteiger partial charge in [-0.25, -0.2) is 0 Å². The number of hydrogen-bond acceptors (Lipinski definition) is 1. The van der Waals surface area contributed by atoms with Crippen molar-refractivity contribution in [3.63, 3.8) is 0 Å². The van der Waals surface area contributed by atoms with E-state index in [1.807, 2.05) is 0 Å². The summed E-state index contributed by atoms with van der Waals surface area (Å²) in [5.41, 5.74) is 6.10. The fourth-order valence-electron chi connectivity index (χ4n) is 1.40. The average Bonchev–Trinajstić information content (AvgIpc) is 2.04. The Bertz CT molecular complexity index is 181. The lowest BCUT2D eigenvalue weighted by Crippen LogP contribution is -2.44. The third-order valence-corrected chi connectivity index (χ3v) is 2.65. The molecule has 0 amide bonds. The van der Waals surface area contributed by atoms with Gasteiger partial charge in [-0.1, -0.05) is 44.6 Å². The summed E-state index contributed by atoms with van der Waals surface area (Å²) in [6, 6.07) is 0. The van der Waals surface area contributed by atoms with Crippen LogP contribution in [0.3, 0.4) is 0 Å². The second-order valence-electron chi connectivity index (χ2n) is 3.41. The topological polar surface area (TPSA) is 26.0 Å². The summed E-state index contributed by atoms with van der Waals surface area (Å²) in [5.74, 6) is 0.573. The van der Waals surface area contributed by atoms with Gasteiger partial charge in [-0.15, -0.1) is 0 Å². The van der Waals surface area contributed by atoms with Crippen molar-refractivity contribution in [3.8, 4) is 0 Å². The number of allylic oxidation sites excluding steroid dienone is 2. The van der Waals surface area contributed by atoms with E-state index in [0.717, 1.165) is 12.8 Å². The molecule has 0 radical (unpaired) electrons. The monoisotopic (exact) mass is 151 g/mol. The molecule has 0 aliphatic heterocycles. The smallest absolute Gasteiger partial charge is 0.0403 e. The van der Waals surface area contributed by atoms with Gasteiger partial charge in [0, 0.05) is 5.54 Å². The van der Waals surface area contributed by atoms with Gasteiger partial charge in [0.15, 0.2) is 0 Å². The first-order chi connectivity index (χ1) is 5.19. The molecule has 0 bridgehead atoms. The first kappa shape index (κ1) is 8.54. The number of hydrogen-bond donors (Lipinski definition) is 1. The van der Waals surface area contributed by atoms with Crippen molar-refractivity contribution in [2.24, 2.45) is 11.7 Å². The van der Waals surface area contributed by atoms with Crippen LogP contribution in [0.5, 0.6) is 0 Å². The van der Waals surface area contributed by atoms with Gasteiger partial charge in [0.1, 0.15) is 0 Å². The fourth-order valence-corrected chi connectivity index (χ4v) is 1.40. The highest BCUT2D eigenvalue weighted by atomic mass is 14.7. The van der Waals surface area contributed by atoms with Gasteiger partial charge in [0.2, 0.25) is 0 Å². The van der Waals surface area contributed by atoms with Gasteiger partial charge in [-0.3, -0.25) is 0 Å². The van der Waals surface area contributed by atoms with Crippen molar-refractivity contribution in [2.75, 3.05) is 0 Å². The Kier molecular flexibility index (Phi) is 2.50. The zero-order valence-corrected chi connectivity index (χ0v) is 7.38. The molecular formula is C10H17N. The van der Waals surface area contributed by atoms with Crippen LogP contribution in [0.2, 0.25) is 0 Å². The number of nitrogens with two attached hydrogens (primary N) is 1. The second-order valence-corrected chi connectivity index (χ2v) is 3.41. The fraction of sp³-hybridized carbons (Fsp3) is 0.600. The Morgan fingerprint density at radius 3 is 2.73 bits per heavy atom. The summed E-state index contributed by atoms with van der Waals surface area (Å²) >= 11 is 0. The molecular weight excluding hydrogens is 134 g/mol. The van der Waals surface area contributed by atoms with Gasteiger partial charge in [0.05, 0.1) is 0 Å². The molecule has 1 heteroatoms. The molecule has 1 rings (SSSR count). The highest BCUT2D eigenvalue weighted by molar-refractivity contribution is 5.21. The maximum atomic E-state index is 6.18. The molecule has 0 heterocycles. The van der Waals surface area contributed by atoms with Crippen LogP contribution in [0.15, 0.2) is 24.3 Å². The van der Waals surface area contributed by atoms with E-state index in [0.29, 0.717) is 5.92 Å². The Morgan fingerprint density at radius 2 is 2.27 bits per heavy atom. The summed E-state index contributed by atoms with van der Waals surface area (Å²) in [6.45, 7) is 4.40. The third kappa shape index (κ3) is 1.72. The first-order valence-corrected chi connectivity index (χ1v) is 4.32. The zero-order chi connectivity index (χ0) is 8.32. The molecule has 1 aliphatic rings. The van der Waals surface area contributed by atoms with Crippen LogP contribution < -0.4 is 5.73 Å². The van der Waals surface area contributed by atoms with E-state index in [-0.39, 0.29) is 5.54 Å². The summed E-state index contributed by atoms with van der Waals surface area (Å²) < 4.78 is 0. The Hall–Kier alpha value is -0.560. The number of rotatable bonds is 2. The van der Waals surface area contributed by atoms with Gasteiger partial charge in [0.25, 0.3) is 0 Å². The predicted molar refractivity (Wildman–Crippen MR) is 49.3 cm³/mol. The lowest BCUT2D eigenvalue weighted by atomic mass is 9.79. The Labute approximate surface area is 69.0 Å². The molecule has 0 saturated heterocycles. The maximum Gasteiger partial charge on any atom is 0.0403 e. The standard InChI is InChI=1S/C10H17N/c1-3-9(2)10(11)7-5-4-6-8-10/h4-7,9H,3,8,11H2,1-2H3. The second kappa shape index (κ2) is 3.22. The van der Waals surface area contributed by atoms with E-state index in [2.05, 4.69) is 38.2 Å². The lowest BCUT2D eigenvalue weighted by molar-refractivity contribution is 0.349. The molecule has 2 N–H and O–H groups in total. The van der Waals surface area contributed by atoms with Crippen molar-refractivity contribution in [1.29, 1.82) is 0 Å². The predicted octanol–water partition coefficient (Wildman–Crippen LogP) is 2.25. The van der Waals surface area contributed by atoms with Crippen molar-refractivity contribution < 1.29 is 0 Å². The minimum Gasteiger partial charge on any atom is -0.321 e. The molecule has 0 aromatic heterocycles. The Balaban J connectivity index is 2.67. The highest BCUT2D eigenvalue weighted by Gasteiger charge is 2.27. The van der Waals surface area contributed by atoms with Crippen LogP contribution in [0, 0.1) is 5.92 Å². The van der Waals surface area contributed by atoms with Gasteiger partial charge in [-0.2, -0.15) is 0 Å². The lowest BCUT2D eigenvalue weighted by Gasteiger charge is -2.32. The van der Waals surface area contributed by atoms with E-state index in [4.69, 9.17) is 5.73 Å². The van der Waals surface area contributed by atoms with Crippen LogP contribution in [0.25, 0.3) is 0 Å². The Morgan fingerprint density at radius 1 is 1.55 bits per heavy atom. The zero-order valence-electron chi connectivity index (χ0n) is 7.38. The summed E-state index contributed by atoms with van der Waals surface area (Å²) in [5, 5.41) is 0. The van der Waals surface area contributed by atoms with Crippen molar-refractivity contribution in [1.82, 2.24) is 0 Å². The molecule has 2 unspecified atom stereocenters. The van der Waals surface area contributed by atoms with Crippen LogP contribution in [-0.2, 0) is 0 Å². The van der Waals surface area contributed by atoms with Gasteiger partial charge in [-0.05, 0) is 12.3 Å². The third-order valence-electron chi connectivity index (χ3n) is 2.65. The average molecular weight is 151 g/mol. The minimum absolute atomic E-state index is 0.0799. The van der Waals surface area contributed by atoms with E-state index in [1.165, 1.54) is 0 Å². The largest absolute Gasteiger partial charge is 0.321 e. The SMILES string of the molecule is CCC(C)C1(N)C=CC=CC1. The molecule has 1 aliphatic carbocycles. The van der Waals surface area contributed by atoms with Gasteiger partial charge < -0.3 is 5.73 Å². The van der Waals surface area contributed by atoms with Crippen LogP contribution in [0.4, 0.5) is 0 Å². The van der Waals surface area contributed by atoms with Crippen molar-refractivity contribution >= 4 is 0 Å². The van der Waals surface area contributed by atoms with E-state index >= 15 is 0 Å². The molecule has 1 nitrogen and oxygen atoms in total. The highest BCUT2D eigenvalue weighted by Crippen LogP contribution is 2.25. The normalized spacial score (nSPS) is 32.3. The van der Waals surface area contributed by atoms with Crippen molar-refractivity contribution in [2.45, 2.75) is 32.2 Å². The van der Waals surface area contributed by atoms with Gasteiger partial charge >= 0.3 is 0 Å². The molecule has 11 heavy (non-hydrogen) atoms. The molecule has 0 aromatic rings.